The number of carbonyl (C=O) groups is 1. The third kappa shape index (κ3) is 5.94. The van der Waals surface area contributed by atoms with E-state index < -0.39 is 17.2 Å². The minimum Gasteiger partial charge on any atom is -0.451 e. The highest BCUT2D eigenvalue weighted by Gasteiger charge is 2.32. The van der Waals surface area contributed by atoms with Crippen molar-refractivity contribution in [1.82, 2.24) is 19.7 Å². The van der Waals surface area contributed by atoms with E-state index in [1.54, 1.807) is 29.0 Å². The maximum Gasteiger partial charge on any atom is 0.256 e. The highest BCUT2D eigenvalue weighted by molar-refractivity contribution is 6.30. The molecule has 8 nitrogen and oxygen atoms in total. The van der Waals surface area contributed by atoms with Crippen LogP contribution < -0.4 is 20.4 Å². The Balaban J connectivity index is 1.35. The van der Waals surface area contributed by atoms with Gasteiger partial charge < -0.3 is 24.4 Å². The number of ether oxygens (including phenoxy) is 1. The fraction of sp³-hybridized carbons (Fsp3) is 0.394. The monoisotopic (exact) mass is 605 g/mol. The van der Waals surface area contributed by atoms with Gasteiger partial charge in [-0.1, -0.05) is 35.4 Å². The van der Waals surface area contributed by atoms with Crippen LogP contribution >= 0.6 is 11.6 Å². The second-order valence-electron chi connectivity index (χ2n) is 11.5. The zero-order valence-electron chi connectivity index (χ0n) is 24.7. The molecular formula is C33H37ClFN5O3. The van der Waals surface area contributed by atoms with Crippen molar-refractivity contribution in [2.24, 2.45) is 0 Å². The first-order chi connectivity index (χ1) is 20.8. The van der Waals surface area contributed by atoms with Crippen LogP contribution in [-0.4, -0.2) is 79.2 Å². The number of nitrogens with one attached hydrogen (secondary N) is 1. The largest absolute Gasteiger partial charge is 0.451 e. The van der Waals surface area contributed by atoms with Crippen molar-refractivity contribution in [3.05, 3.63) is 80.9 Å². The van der Waals surface area contributed by atoms with Crippen LogP contribution in [0.15, 0.2) is 59.1 Å². The van der Waals surface area contributed by atoms with Gasteiger partial charge in [-0.3, -0.25) is 14.5 Å². The van der Waals surface area contributed by atoms with Crippen LogP contribution in [0, 0.1) is 5.82 Å². The van der Waals surface area contributed by atoms with Gasteiger partial charge in [0, 0.05) is 63.1 Å². The number of piperazine rings is 1. The van der Waals surface area contributed by atoms with E-state index in [-0.39, 0.29) is 16.7 Å². The number of carbonyl (C=O) groups excluding carboxylic acids is 1. The third-order valence-corrected chi connectivity index (χ3v) is 8.69. The molecule has 1 amide bonds. The van der Waals surface area contributed by atoms with Gasteiger partial charge in [0.15, 0.2) is 17.3 Å². The summed E-state index contributed by atoms with van der Waals surface area (Å²) in [7, 11) is 0. The van der Waals surface area contributed by atoms with E-state index in [9.17, 15) is 9.59 Å². The molecule has 3 aliphatic heterocycles. The van der Waals surface area contributed by atoms with Crippen LogP contribution in [-0.2, 0) is 0 Å². The molecule has 2 fully saturated rings. The highest BCUT2D eigenvalue weighted by Crippen LogP contribution is 2.47. The van der Waals surface area contributed by atoms with E-state index in [2.05, 4.69) is 28.1 Å². The Bertz CT molecular complexity index is 1670. The number of amides is 1. The summed E-state index contributed by atoms with van der Waals surface area (Å²) < 4.78 is 24.2. The van der Waals surface area contributed by atoms with Gasteiger partial charge in [0.25, 0.3) is 5.91 Å². The number of hydrogen-bond acceptors (Lipinski definition) is 6. The van der Waals surface area contributed by atoms with Gasteiger partial charge in [0.2, 0.25) is 5.43 Å². The Morgan fingerprint density at radius 2 is 1.86 bits per heavy atom. The molecule has 43 heavy (non-hydrogen) atoms. The standard InChI is InChI=1S/C33H37ClFN5O3/c1-3-4-7-22(2)20-38-14-16-39(17-15-38)30-26(35)19-24-29-32(30)43-28-18-23(34)8-9-27(28)40(29)21-25(31(24)41)33(42)36-10-13-37-11-5-6-12-37/h3-4,7-9,18-19,21H,5-6,10-17,20H2,1-2H3,(H,36,42)/b4-3-,22-7+. The molecule has 10 heteroatoms. The molecule has 4 heterocycles. The van der Waals surface area contributed by atoms with Gasteiger partial charge in [-0.05, 0) is 58.0 Å². The smallest absolute Gasteiger partial charge is 0.256 e. The number of hydrogen-bond donors (Lipinski definition) is 1. The summed E-state index contributed by atoms with van der Waals surface area (Å²) in [6.45, 7) is 10.8. The number of halogens is 2. The van der Waals surface area contributed by atoms with Crippen LogP contribution in [0.1, 0.15) is 37.0 Å². The summed E-state index contributed by atoms with van der Waals surface area (Å²) in [4.78, 5) is 33.6. The number of likely N-dealkylation sites (tertiary alicyclic amines) is 1. The molecule has 3 aliphatic rings. The molecule has 0 spiro atoms. The zero-order valence-corrected chi connectivity index (χ0v) is 25.4. The molecule has 0 radical (unpaired) electrons. The van der Waals surface area contributed by atoms with Crippen molar-refractivity contribution >= 4 is 34.1 Å². The zero-order chi connectivity index (χ0) is 30.1. The summed E-state index contributed by atoms with van der Waals surface area (Å²) >= 11 is 6.33. The van der Waals surface area contributed by atoms with Gasteiger partial charge in [-0.15, -0.1) is 0 Å². The van der Waals surface area contributed by atoms with Crippen LogP contribution in [0.25, 0.3) is 16.6 Å². The minimum absolute atomic E-state index is 0.0372. The molecule has 2 aromatic carbocycles. The van der Waals surface area contributed by atoms with Crippen molar-refractivity contribution in [1.29, 1.82) is 0 Å². The van der Waals surface area contributed by atoms with Crippen LogP contribution in [0.4, 0.5) is 10.1 Å². The first kappa shape index (κ1) is 29.4. The Labute approximate surface area is 256 Å². The lowest BCUT2D eigenvalue weighted by Crippen LogP contribution is -2.47. The van der Waals surface area contributed by atoms with Crippen molar-refractivity contribution in [3.8, 4) is 17.2 Å². The highest BCUT2D eigenvalue weighted by atomic mass is 35.5. The number of pyridine rings is 1. The Kier molecular flexibility index (Phi) is 8.56. The second-order valence-corrected chi connectivity index (χ2v) is 11.9. The number of rotatable bonds is 8. The predicted octanol–water partition coefficient (Wildman–Crippen LogP) is 5.36. The molecule has 6 rings (SSSR count). The average Bonchev–Trinajstić information content (AvgIpc) is 3.51. The van der Waals surface area contributed by atoms with Crippen molar-refractivity contribution < 1.29 is 13.9 Å². The topological polar surface area (TPSA) is 70.1 Å². The van der Waals surface area contributed by atoms with Crippen LogP contribution in [0.3, 0.4) is 0 Å². The fourth-order valence-corrected chi connectivity index (χ4v) is 6.42. The number of anilines is 1. The number of nitrogens with zero attached hydrogens (tertiary/aromatic N) is 4. The molecule has 0 aliphatic carbocycles. The summed E-state index contributed by atoms with van der Waals surface area (Å²) in [5.74, 6) is -0.334. The quantitative estimate of drug-likeness (QED) is 0.273. The lowest BCUT2D eigenvalue weighted by molar-refractivity contribution is 0.0948. The average molecular weight is 606 g/mol. The number of allylic oxidation sites excluding steroid dienone is 3. The fourth-order valence-electron chi connectivity index (χ4n) is 6.26. The van der Waals surface area contributed by atoms with E-state index in [0.29, 0.717) is 47.3 Å². The normalized spacial score (nSPS) is 17.5. The van der Waals surface area contributed by atoms with Crippen molar-refractivity contribution in [3.63, 3.8) is 0 Å². The van der Waals surface area contributed by atoms with E-state index in [1.165, 1.54) is 11.6 Å². The SMILES string of the molecule is C/C=C\C=C(/C)CN1CCN(c2c(F)cc3c(=O)c(C(=O)NCCN4CCCC4)cn4c3c2Oc2cc(Cl)ccc2-4)CC1. The Hall–Kier alpha value is -3.66. The van der Waals surface area contributed by atoms with Crippen molar-refractivity contribution in [2.75, 3.05) is 63.8 Å². The number of benzene rings is 2. The number of aromatic nitrogens is 1. The summed E-state index contributed by atoms with van der Waals surface area (Å²) in [6.07, 6.45) is 10.0. The van der Waals surface area contributed by atoms with Gasteiger partial charge in [0.1, 0.15) is 16.8 Å². The maximum atomic E-state index is 16.1. The van der Waals surface area contributed by atoms with E-state index in [4.69, 9.17) is 16.3 Å². The molecule has 0 atom stereocenters. The van der Waals surface area contributed by atoms with E-state index in [1.807, 2.05) is 24.0 Å². The molecular weight excluding hydrogens is 569 g/mol. The lowest BCUT2D eigenvalue weighted by Gasteiger charge is -2.38. The molecule has 1 N–H and O–H groups in total. The second kappa shape index (κ2) is 12.5. The molecule has 226 valence electrons. The van der Waals surface area contributed by atoms with Crippen LogP contribution in [0.2, 0.25) is 5.02 Å². The first-order valence-electron chi connectivity index (χ1n) is 15.0. The molecule has 3 aromatic rings. The maximum absolute atomic E-state index is 16.1. The van der Waals surface area contributed by atoms with Gasteiger partial charge >= 0.3 is 0 Å². The van der Waals surface area contributed by atoms with Gasteiger partial charge in [0.05, 0.1) is 11.1 Å². The molecule has 0 saturated carbocycles. The van der Waals surface area contributed by atoms with Gasteiger partial charge in [-0.2, -0.15) is 0 Å². The van der Waals surface area contributed by atoms with Crippen molar-refractivity contribution in [2.45, 2.75) is 26.7 Å². The molecule has 0 unspecified atom stereocenters. The minimum atomic E-state index is -0.555. The molecule has 2 saturated heterocycles. The van der Waals surface area contributed by atoms with E-state index in [0.717, 1.165) is 52.1 Å². The lowest BCUT2D eigenvalue weighted by atomic mass is 10.0. The van der Waals surface area contributed by atoms with Gasteiger partial charge in [-0.25, -0.2) is 4.39 Å². The molecule has 1 aromatic heterocycles. The van der Waals surface area contributed by atoms with Crippen LogP contribution in [0.5, 0.6) is 11.5 Å². The number of fused-ring (bicyclic) bond motifs is 2. The summed E-state index contributed by atoms with van der Waals surface area (Å²) in [6, 6.07) is 6.44. The Morgan fingerprint density at radius 1 is 1.09 bits per heavy atom. The first-order valence-corrected chi connectivity index (χ1v) is 15.4. The summed E-state index contributed by atoms with van der Waals surface area (Å²) in [5.41, 5.74) is 2.08. The third-order valence-electron chi connectivity index (χ3n) is 8.46. The summed E-state index contributed by atoms with van der Waals surface area (Å²) in [5, 5.41) is 3.46. The molecule has 0 bridgehead atoms. The Morgan fingerprint density at radius 3 is 2.60 bits per heavy atom. The predicted molar refractivity (Wildman–Crippen MR) is 170 cm³/mol. The van der Waals surface area contributed by atoms with E-state index >= 15 is 4.39 Å².